The molecular weight excluding hydrogens is 288 g/mol. The van der Waals surface area contributed by atoms with Gasteiger partial charge in [-0.1, -0.05) is 30.3 Å². The summed E-state index contributed by atoms with van der Waals surface area (Å²) in [4.78, 5) is 8.30. The first kappa shape index (κ1) is 13.6. The van der Waals surface area contributed by atoms with E-state index in [4.69, 9.17) is 5.73 Å². The van der Waals surface area contributed by atoms with Gasteiger partial charge in [-0.15, -0.1) is 0 Å². The fourth-order valence-corrected chi connectivity index (χ4v) is 3.45. The Morgan fingerprint density at radius 3 is 2.62 bits per heavy atom. The van der Waals surface area contributed by atoms with E-state index in [-0.39, 0.29) is 16.3 Å². The number of sulfonamides is 1. The predicted molar refractivity (Wildman–Crippen MR) is 80.8 cm³/mol. The van der Waals surface area contributed by atoms with E-state index >= 15 is 0 Å². The number of hydrogen-bond donors (Lipinski definition) is 1. The van der Waals surface area contributed by atoms with Gasteiger partial charge in [-0.05, 0) is 5.56 Å². The van der Waals surface area contributed by atoms with Gasteiger partial charge in [0, 0.05) is 19.7 Å². The summed E-state index contributed by atoms with van der Waals surface area (Å²) in [6.45, 7) is 0. The zero-order chi connectivity index (χ0) is 15.0. The Kier molecular flexibility index (Phi) is 3.13. The highest BCUT2D eigenvalue weighted by Gasteiger charge is 2.32. The predicted octanol–water partition coefficient (Wildman–Crippen LogP) is 1.57. The molecule has 1 aromatic heterocycles. The molecule has 0 bridgehead atoms. The van der Waals surface area contributed by atoms with Crippen molar-refractivity contribution < 1.29 is 8.42 Å². The molecule has 0 fully saturated rings. The lowest BCUT2D eigenvalue weighted by molar-refractivity contribution is 0.547. The van der Waals surface area contributed by atoms with Crippen LogP contribution in [-0.2, 0) is 16.4 Å². The van der Waals surface area contributed by atoms with Gasteiger partial charge in [0.25, 0.3) is 10.0 Å². The van der Waals surface area contributed by atoms with E-state index in [0.29, 0.717) is 12.3 Å². The highest BCUT2D eigenvalue weighted by atomic mass is 32.2. The van der Waals surface area contributed by atoms with Gasteiger partial charge in [0.1, 0.15) is 16.4 Å². The normalized spacial score (nSPS) is 16.2. The Morgan fingerprint density at radius 1 is 1.19 bits per heavy atom. The number of aromatic nitrogens is 1. The average Bonchev–Trinajstić information content (AvgIpc) is 2.47. The molecule has 7 heteroatoms. The molecule has 108 valence electrons. The summed E-state index contributed by atoms with van der Waals surface area (Å²) >= 11 is 0. The molecule has 2 heterocycles. The molecule has 0 atom stereocenters. The topological polar surface area (TPSA) is 88.7 Å². The van der Waals surface area contributed by atoms with Crippen LogP contribution in [0.4, 0.5) is 11.4 Å². The Labute approximate surface area is 123 Å². The lowest BCUT2D eigenvalue weighted by Crippen LogP contribution is -2.37. The van der Waals surface area contributed by atoms with E-state index in [0.717, 1.165) is 5.56 Å². The smallest absolute Gasteiger partial charge is 0.268 e. The van der Waals surface area contributed by atoms with Crippen LogP contribution in [0.25, 0.3) is 0 Å². The summed E-state index contributed by atoms with van der Waals surface area (Å²) < 4.78 is 26.2. The van der Waals surface area contributed by atoms with Crippen molar-refractivity contribution >= 4 is 27.2 Å². The molecule has 2 aromatic rings. The summed E-state index contributed by atoms with van der Waals surface area (Å²) in [5.74, 6) is 0.437. The van der Waals surface area contributed by atoms with Crippen LogP contribution in [0.1, 0.15) is 5.56 Å². The number of anilines is 1. The second-order valence-corrected chi connectivity index (χ2v) is 6.68. The van der Waals surface area contributed by atoms with Crippen molar-refractivity contribution in [2.75, 3.05) is 12.8 Å². The number of hydrogen-bond acceptors (Lipinski definition) is 5. The molecule has 0 radical (unpaired) electrons. The van der Waals surface area contributed by atoms with Crippen molar-refractivity contribution in [3.05, 3.63) is 48.3 Å². The molecule has 1 aliphatic rings. The first-order chi connectivity index (χ1) is 10.00. The fraction of sp³-hybridized carbons (Fsp3) is 0.143. The SMILES string of the molecule is CN1C(Cc2ccccc2)=Nc2c(N)cncc2S1(=O)=O. The van der Waals surface area contributed by atoms with Gasteiger partial charge in [0.15, 0.2) is 0 Å². The Bertz CT molecular complexity index is 816. The number of pyridine rings is 1. The minimum atomic E-state index is -3.65. The zero-order valence-electron chi connectivity index (χ0n) is 11.4. The van der Waals surface area contributed by atoms with Gasteiger partial charge in [0.05, 0.1) is 11.9 Å². The van der Waals surface area contributed by atoms with Crippen LogP contribution in [0.2, 0.25) is 0 Å². The van der Waals surface area contributed by atoms with E-state index in [1.165, 1.54) is 23.7 Å². The monoisotopic (exact) mass is 302 g/mol. The van der Waals surface area contributed by atoms with Gasteiger partial charge >= 0.3 is 0 Å². The van der Waals surface area contributed by atoms with Gasteiger partial charge in [-0.25, -0.2) is 13.4 Å². The number of nitrogens with two attached hydrogens (primary N) is 1. The molecule has 0 saturated carbocycles. The number of likely N-dealkylation sites (N-methyl/N-ethyl adjacent to an activating group) is 1. The molecule has 0 aliphatic carbocycles. The number of benzene rings is 1. The van der Waals surface area contributed by atoms with Gasteiger partial charge in [-0.2, -0.15) is 0 Å². The minimum absolute atomic E-state index is 0.0433. The summed E-state index contributed by atoms with van der Waals surface area (Å²) in [7, 11) is -2.16. The molecular formula is C14H14N4O2S. The molecule has 0 spiro atoms. The summed E-state index contributed by atoms with van der Waals surface area (Å²) in [6.07, 6.45) is 3.10. The van der Waals surface area contributed by atoms with Crippen LogP contribution in [0.15, 0.2) is 52.6 Å². The van der Waals surface area contributed by atoms with Gasteiger partial charge in [-0.3, -0.25) is 9.29 Å². The first-order valence-electron chi connectivity index (χ1n) is 6.34. The van der Waals surface area contributed by atoms with Crippen LogP contribution >= 0.6 is 0 Å². The molecule has 0 unspecified atom stereocenters. The van der Waals surface area contributed by atoms with Crippen molar-refractivity contribution in [3.8, 4) is 0 Å². The lowest BCUT2D eigenvalue weighted by atomic mass is 10.1. The number of rotatable bonds is 2. The molecule has 2 N–H and O–H groups in total. The van der Waals surface area contributed by atoms with E-state index < -0.39 is 10.0 Å². The average molecular weight is 302 g/mol. The van der Waals surface area contributed by atoms with Gasteiger partial charge < -0.3 is 5.73 Å². The fourth-order valence-electron chi connectivity index (χ4n) is 2.17. The second kappa shape index (κ2) is 4.85. The van der Waals surface area contributed by atoms with Gasteiger partial charge in [0.2, 0.25) is 0 Å². The van der Waals surface area contributed by atoms with E-state index in [2.05, 4.69) is 9.98 Å². The number of amidine groups is 1. The zero-order valence-corrected chi connectivity index (χ0v) is 12.2. The van der Waals surface area contributed by atoms with Crippen LogP contribution in [0.3, 0.4) is 0 Å². The largest absolute Gasteiger partial charge is 0.396 e. The molecule has 1 aliphatic heterocycles. The third kappa shape index (κ3) is 2.25. The Hall–Kier alpha value is -2.41. The summed E-state index contributed by atoms with van der Waals surface area (Å²) in [5.41, 5.74) is 7.32. The number of fused-ring (bicyclic) bond motifs is 1. The molecule has 21 heavy (non-hydrogen) atoms. The molecule has 6 nitrogen and oxygen atoms in total. The Morgan fingerprint density at radius 2 is 1.90 bits per heavy atom. The lowest BCUT2D eigenvalue weighted by Gasteiger charge is -2.26. The molecule has 0 amide bonds. The van der Waals surface area contributed by atoms with Crippen molar-refractivity contribution in [1.29, 1.82) is 0 Å². The van der Waals surface area contributed by atoms with Crippen molar-refractivity contribution in [3.63, 3.8) is 0 Å². The third-order valence-corrected chi connectivity index (χ3v) is 5.15. The number of aliphatic imine (C=N–C) groups is 1. The Balaban J connectivity index is 2.12. The molecule has 0 saturated heterocycles. The maximum atomic E-state index is 12.5. The third-order valence-electron chi connectivity index (χ3n) is 3.36. The van der Waals surface area contributed by atoms with E-state index in [1.807, 2.05) is 30.3 Å². The maximum Gasteiger partial charge on any atom is 0.268 e. The maximum absolute atomic E-state index is 12.5. The number of nitrogens with zero attached hydrogens (tertiary/aromatic N) is 3. The van der Waals surface area contributed by atoms with Crippen LogP contribution in [0.5, 0.6) is 0 Å². The van der Waals surface area contributed by atoms with Crippen molar-refractivity contribution in [2.45, 2.75) is 11.3 Å². The summed E-state index contributed by atoms with van der Waals surface area (Å²) in [6, 6.07) is 9.56. The number of nitrogen functional groups attached to an aromatic ring is 1. The minimum Gasteiger partial charge on any atom is -0.396 e. The standard InChI is InChI=1S/C14H14N4O2S/c1-18-13(7-10-5-3-2-4-6-10)17-14-11(15)8-16-9-12(14)21(18,19)20/h2-6,8-9H,7,15H2,1H3. The molecule has 1 aromatic carbocycles. The van der Waals surface area contributed by atoms with Crippen molar-refractivity contribution in [2.24, 2.45) is 4.99 Å². The quantitative estimate of drug-likeness (QED) is 0.912. The summed E-state index contributed by atoms with van der Waals surface area (Å²) in [5, 5.41) is 0. The first-order valence-corrected chi connectivity index (χ1v) is 7.78. The van der Waals surface area contributed by atoms with E-state index in [1.54, 1.807) is 0 Å². The highest BCUT2D eigenvalue weighted by molar-refractivity contribution is 7.90. The van der Waals surface area contributed by atoms with Crippen LogP contribution < -0.4 is 5.73 Å². The highest BCUT2D eigenvalue weighted by Crippen LogP contribution is 2.35. The second-order valence-electron chi connectivity index (χ2n) is 4.74. The van der Waals surface area contributed by atoms with E-state index in [9.17, 15) is 8.42 Å². The van der Waals surface area contributed by atoms with Crippen LogP contribution in [0, 0.1) is 0 Å². The van der Waals surface area contributed by atoms with Crippen molar-refractivity contribution in [1.82, 2.24) is 9.29 Å². The molecule has 3 rings (SSSR count). The van der Waals surface area contributed by atoms with Crippen LogP contribution in [-0.4, -0.2) is 30.6 Å².